The molecule has 1 fully saturated rings. The highest BCUT2D eigenvalue weighted by atomic mass is 19.4. The number of para-hydroxylation sites is 1. The number of hydrogen-bond donors (Lipinski definition) is 0. The van der Waals surface area contributed by atoms with Crippen LogP contribution in [0.5, 0.6) is 5.75 Å². The molecule has 2 atom stereocenters. The fourth-order valence-corrected chi connectivity index (χ4v) is 5.46. The van der Waals surface area contributed by atoms with E-state index in [1.165, 1.54) is 19.2 Å². The normalized spacial score (nSPS) is 20.3. The van der Waals surface area contributed by atoms with Crippen LogP contribution in [0.1, 0.15) is 67.8 Å². The first-order valence-electron chi connectivity index (χ1n) is 11.4. The first kappa shape index (κ1) is 24.1. The molecule has 0 bridgehead atoms. The van der Waals surface area contributed by atoms with Crippen molar-refractivity contribution in [3.8, 4) is 5.75 Å². The molecule has 1 aliphatic carbocycles. The van der Waals surface area contributed by atoms with Crippen LogP contribution in [-0.4, -0.2) is 29.0 Å². The van der Waals surface area contributed by atoms with Crippen molar-refractivity contribution in [3.63, 3.8) is 0 Å². The minimum absolute atomic E-state index is 0.124. The zero-order valence-electron chi connectivity index (χ0n) is 19.8. The van der Waals surface area contributed by atoms with Crippen molar-refractivity contribution in [1.29, 1.82) is 0 Å². The third kappa shape index (κ3) is 5.21. The minimum atomic E-state index is -4.78. The van der Waals surface area contributed by atoms with Crippen LogP contribution in [0.15, 0.2) is 42.5 Å². The molecule has 4 rings (SSSR count). The summed E-state index contributed by atoms with van der Waals surface area (Å²) in [7, 11) is 1.32. The van der Waals surface area contributed by atoms with Crippen LogP contribution in [0.2, 0.25) is 0 Å². The molecule has 0 amide bonds. The van der Waals surface area contributed by atoms with E-state index in [2.05, 4.69) is 30.1 Å². The molecule has 1 heterocycles. The molecule has 1 unspecified atom stereocenters. The number of alkyl halides is 3. The zero-order valence-corrected chi connectivity index (χ0v) is 19.8. The lowest BCUT2D eigenvalue weighted by Crippen LogP contribution is -2.30. The Bertz CT molecular complexity index is 1200. The number of hydrogen-bond acceptors (Lipinski definition) is 4. The summed E-state index contributed by atoms with van der Waals surface area (Å²) in [5, 5.41) is 0. The Morgan fingerprint density at radius 2 is 1.91 bits per heavy atom. The Hall–Kier alpha value is -3.03. The van der Waals surface area contributed by atoms with Gasteiger partial charge in [-0.2, -0.15) is 0 Å². The van der Waals surface area contributed by atoms with Crippen molar-refractivity contribution < 1.29 is 27.4 Å². The molecule has 2 aromatic carbocycles. The Balaban J connectivity index is 1.82. The number of carbonyl (C=O) groups excluding carboxylic acids is 1. The summed E-state index contributed by atoms with van der Waals surface area (Å²) >= 11 is 0. The molecule has 0 saturated heterocycles. The maximum absolute atomic E-state index is 13.0. The molecule has 0 aliphatic heterocycles. The van der Waals surface area contributed by atoms with Gasteiger partial charge >= 0.3 is 12.3 Å². The summed E-state index contributed by atoms with van der Waals surface area (Å²) in [4.78, 5) is 16.9. The smallest absolute Gasteiger partial charge is 0.465 e. The Morgan fingerprint density at radius 1 is 1.18 bits per heavy atom. The lowest BCUT2D eigenvalue weighted by Gasteiger charge is -2.40. The molecule has 182 valence electrons. The van der Waals surface area contributed by atoms with E-state index in [4.69, 9.17) is 9.72 Å². The van der Waals surface area contributed by atoms with E-state index in [1.54, 1.807) is 24.3 Å². The topological polar surface area (TPSA) is 53.4 Å². The molecule has 3 aromatic rings. The fourth-order valence-electron chi connectivity index (χ4n) is 5.46. The van der Waals surface area contributed by atoms with Gasteiger partial charge in [-0.15, -0.1) is 13.2 Å². The SMILES string of the molecule is COC(=O)c1ccc2c(c1)nc(Cc1ccccc1OC(F)(F)F)n2C1C[C@H](C)CC(C)(C)C1. The summed E-state index contributed by atoms with van der Waals surface area (Å²) in [6, 6.07) is 11.5. The second kappa shape index (κ2) is 8.96. The van der Waals surface area contributed by atoms with Crippen LogP contribution in [0.25, 0.3) is 11.0 Å². The number of halogens is 3. The van der Waals surface area contributed by atoms with Crippen molar-refractivity contribution in [1.82, 2.24) is 9.55 Å². The molecule has 34 heavy (non-hydrogen) atoms. The molecular formula is C26H29F3N2O3. The van der Waals surface area contributed by atoms with Gasteiger partial charge in [0.25, 0.3) is 0 Å². The van der Waals surface area contributed by atoms with E-state index in [0.717, 1.165) is 24.8 Å². The number of imidazole rings is 1. The van der Waals surface area contributed by atoms with Gasteiger partial charge < -0.3 is 14.0 Å². The lowest BCUT2D eigenvalue weighted by molar-refractivity contribution is -0.274. The number of ether oxygens (including phenoxy) is 2. The van der Waals surface area contributed by atoms with Gasteiger partial charge in [0.05, 0.1) is 23.7 Å². The second-order valence-electron chi connectivity index (χ2n) is 9.99. The van der Waals surface area contributed by atoms with E-state index in [-0.39, 0.29) is 23.6 Å². The van der Waals surface area contributed by atoms with Crippen molar-refractivity contribution in [2.75, 3.05) is 7.11 Å². The number of aromatic nitrogens is 2. The standard InChI is InChI=1S/C26H29F3N2O3/c1-16-11-19(15-25(2,3)14-16)31-21-10-9-18(24(32)33-4)12-20(21)30-23(31)13-17-7-5-6-8-22(17)34-26(27,28)29/h5-10,12,16,19H,11,13-15H2,1-4H3/t16-,19?/m0/s1. The highest BCUT2D eigenvalue weighted by Crippen LogP contribution is 2.45. The molecule has 0 radical (unpaired) electrons. The van der Waals surface area contributed by atoms with E-state index in [9.17, 15) is 18.0 Å². The number of methoxy groups -OCH3 is 1. The Kier molecular flexibility index (Phi) is 6.36. The average Bonchev–Trinajstić information content (AvgIpc) is 3.09. The predicted octanol–water partition coefficient (Wildman–Crippen LogP) is 6.70. The summed E-state index contributed by atoms with van der Waals surface area (Å²) < 4.78 is 50.3. The molecule has 8 heteroatoms. The molecule has 0 spiro atoms. The van der Waals surface area contributed by atoms with Gasteiger partial charge in [-0.3, -0.25) is 0 Å². The second-order valence-corrected chi connectivity index (χ2v) is 9.99. The summed E-state index contributed by atoms with van der Waals surface area (Å²) in [5.74, 6) is 0.440. The lowest BCUT2D eigenvalue weighted by atomic mass is 9.70. The van der Waals surface area contributed by atoms with Crippen LogP contribution in [0.4, 0.5) is 13.2 Å². The number of carbonyl (C=O) groups is 1. The average molecular weight is 475 g/mol. The van der Waals surface area contributed by atoms with Gasteiger partial charge in [0.2, 0.25) is 0 Å². The Morgan fingerprint density at radius 3 is 2.59 bits per heavy atom. The Labute approximate surface area is 196 Å². The monoisotopic (exact) mass is 474 g/mol. The molecule has 5 nitrogen and oxygen atoms in total. The highest BCUT2D eigenvalue weighted by Gasteiger charge is 2.35. The van der Waals surface area contributed by atoms with Gasteiger partial charge in [-0.05, 0) is 54.9 Å². The number of rotatable bonds is 5. The van der Waals surface area contributed by atoms with E-state index < -0.39 is 12.3 Å². The van der Waals surface area contributed by atoms with Gasteiger partial charge in [-0.1, -0.05) is 39.0 Å². The number of nitrogens with zero attached hydrogens (tertiary/aromatic N) is 2. The fraction of sp³-hybridized carbons (Fsp3) is 0.462. The zero-order chi connectivity index (χ0) is 24.7. The molecule has 1 saturated carbocycles. The summed E-state index contributed by atoms with van der Waals surface area (Å²) in [6.45, 7) is 6.72. The summed E-state index contributed by atoms with van der Waals surface area (Å²) in [6.07, 6.45) is -1.63. The van der Waals surface area contributed by atoms with Crippen LogP contribution < -0.4 is 4.74 Å². The number of fused-ring (bicyclic) bond motifs is 1. The van der Waals surface area contributed by atoms with Crippen LogP contribution >= 0.6 is 0 Å². The van der Waals surface area contributed by atoms with Crippen LogP contribution in [0.3, 0.4) is 0 Å². The number of esters is 1. The van der Waals surface area contributed by atoms with E-state index in [1.807, 2.05) is 6.07 Å². The van der Waals surface area contributed by atoms with E-state index >= 15 is 0 Å². The number of benzene rings is 2. The maximum Gasteiger partial charge on any atom is 0.573 e. The van der Waals surface area contributed by atoms with Crippen molar-refractivity contribution in [2.24, 2.45) is 11.3 Å². The molecule has 1 aromatic heterocycles. The van der Waals surface area contributed by atoms with E-state index in [0.29, 0.717) is 28.4 Å². The van der Waals surface area contributed by atoms with Crippen LogP contribution in [0, 0.1) is 11.3 Å². The molecule has 1 aliphatic rings. The summed E-state index contributed by atoms with van der Waals surface area (Å²) in [5.41, 5.74) is 2.37. The quantitative estimate of drug-likeness (QED) is 0.386. The maximum atomic E-state index is 13.0. The van der Waals surface area contributed by atoms with Gasteiger partial charge in [0.1, 0.15) is 11.6 Å². The van der Waals surface area contributed by atoms with Crippen molar-refractivity contribution in [2.45, 2.75) is 58.9 Å². The first-order valence-corrected chi connectivity index (χ1v) is 11.4. The van der Waals surface area contributed by atoms with Crippen molar-refractivity contribution in [3.05, 3.63) is 59.4 Å². The van der Waals surface area contributed by atoms with Gasteiger partial charge in [0, 0.05) is 18.0 Å². The molecule has 0 N–H and O–H groups in total. The van der Waals surface area contributed by atoms with Gasteiger partial charge in [-0.25, -0.2) is 9.78 Å². The van der Waals surface area contributed by atoms with Crippen LogP contribution in [-0.2, 0) is 11.2 Å². The third-order valence-electron chi connectivity index (χ3n) is 6.46. The largest absolute Gasteiger partial charge is 0.573 e. The third-order valence-corrected chi connectivity index (χ3v) is 6.46. The molecular weight excluding hydrogens is 445 g/mol. The van der Waals surface area contributed by atoms with Crippen molar-refractivity contribution >= 4 is 17.0 Å². The highest BCUT2D eigenvalue weighted by molar-refractivity contribution is 5.93. The predicted molar refractivity (Wildman–Crippen MR) is 123 cm³/mol. The van der Waals surface area contributed by atoms with Gasteiger partial charge in [0.15, 0.2) is 0 Å². The minimum Gasteiger partial charge on any atom is -0.465 e. The first-order chi connectivity index (χ1) is 16.0.